The lowest BCUT2D eigenvalue weighted by molar-refractivity contribution is -0.165. The molecule has 0 saturated heterocycles. The molecule has 5 rings (SSSR count). The van der Waals surface area contributed by atoms with Crippen LogP contribution in [-0.4, -0.2) is 39.3 Å². The quantitative estimate of drug-likeness (QED) is 0.237. The number of rotatable bonds is 11. The maximum absolute atomic E-state index is 14.0. The van der Waals surface area contributed by atoms with Crippen molar-refractivity contribution < 1.29 is 19.7 Å². The van der Waals surface area contributed by atoms with Gasteiger partial charge in [-0.2, -0.15) is 0 Å². The number of ether oxygens (including phenoxy) is 1. The van der Waals surface area contributed by atoms with Crippen LogP contribution in [0.1, 0.15) is 48.8 Å². The summed E-state index contributed by atoms with van der Waals surface area (Å²) < 4.78 is 6.28. The summed E-state index contributed by atoms with van der Waals surface area (Å²) in [6.07, 6.45) is 1.51. The molecular formula is C35H39NO4. The maximum Gasteiger partial charge on any atom is 0.254 e. The van der Waals surface area contributed by atoms with E-state index in [4.69, 9.17) is 4.74 Å². The van der Waals surface area contributed by atoms with E-state index in [2.05, 4.69) is 18.2 Å². The van der Waals surface area contributed by atoms with E-state index in [0.717, 1.165) is 59.6 Å². The summed E-state index contributed by atoms with van der Waals surface area (Å²) >= 11 is 0. The number of hydrogen-bond acceptors (Lipinski definition) is 4. The van der Waals surface area contributed by atoms with Crippen LogP contribution in [0.15, 0.2) is 103 Å². The summed E-state index contributed by atoms with van der Waals surface area (Å²) in [4.78, 5) is 15.6. The van der Waals surface area contributed by atoms with E-state index in [1.54, 1.807) is 4.90 Å². The predicted octanol–water partition coefficient (Wildman–Crippen LogP) is 6.26. The second-order valence-corrected chi connectivity index (χ2v) is 11.0. The Bertz CT molecular complexity index is 1310. The minimum absolute atomic E-state index is 0.00509. The Labute approximate surface area is 237 Å². The highest BCUT2D eigenvalue weighted by molar-refractivity contribution is 5.83. The minimum Gasteiger partial charge on any atom is -0.390 e. The Morgan fingerprint density at radius 1 is 0.725 bits per heavy atom. The van der Waals surface area contributed by atoms with Gasteiger partial charge in [0.05, 0.1) is 12.7 Å². The molecule has 208 valence electrons. The second-order valence-electron chi connectivity index (χ2n) is 11.0. The zero-order valence-electron chi connectivity index (χ0n) is 22.9. The molecule has 0 aliphatic heterocycles. The molecule has 0 heterocycles. The van der Waals surface area contributed by atoms with Gasteiger partial charge >= 0.3 is 0 Å². The number of amides is 1. The fourth-order valence-corrected chi connectivity index (χ4v) is 5.79. The van der Waals surface area contributed by atoms with Gasteiger partial charge < -0.3 is 19.8 Å². The first-order valence-electron chi connectivity index (χ1n) is 14.4. The van der Waals surface area contributed by atoms with Gasteiger partial charge in [-0.25, -0.2) is 0 Å². The minimum atomic E-state index is -1.50. The standard InChI is InChI=1S/C35H39NO4/c37-32(30-17-8-3-9-18-30)34(40-25-28-20-21-29-16-10-11-19-31(29)22-28)33(38)35(39)36(23-26-12-4-1-5-13-26)24-27-14-6-2-7-15-27/h1-2,4-7,10-16,19-22,30,32-34,37-38H,3,8-9,17-18,23-25H2. The lowest BCUT2D eigenvalue weighted by atomic mass is 9.82. The van der Waals surface area contributed by atoms with Gasteiger partial charge in [0.15, 0.2) is 6.10 Å². The molecule has 5 heteroatoms. The van der Waals surface area contributed by atoms with Crippen molar-refractivity contribution in [1.29, 1.82) is 0 Å². The predicted molar refractivity (Wildman–Crippen MR) is 158 cm³/mol. The number of fused-ring (bicyclic) bond motifs is 1. The van der Waals surface area contributed by atoms with E-state index >= 15 is 0 Å². The van der Waals surface area contributed by atoms with Crippen molar-refractivity contribution in [3.05, 3.63) is 120 Å². The summed E-state index contributed by atoms with van der Waals surface area (Å²) in [5.74, 6) is -0.444. The molecule has 5 nitrogen and oxygen atoms in total. The van der Waals surface area contributed by atoms with Gasteiger partial charge in [-0.15, -0.1) is 0 Å². The monoisotopic (exact) mass is 537 g/mol. The second kappa shape index (κ2) is 13.7. The van der Waals surface area contributed by atoms with E-state index < -0.39 is 24.2 Å². The molecule has 3 unspecified atom stereocenters. The van der Waals surface area contributed by atoms with Crippen LogP contribution in [0.5, 0.6) is 0 Å². The van der Waals surface area contributed by atoms with Gasteiger partial charge in [-0.1, -0.05) is 116 Å². The van der Waals surface area contributed by atoms with Gasteiger partial charge in [-0.05, 0) is 52.3 Å². The highest BCUT2D eigenvalue weighted by Crippen LogP contribution is 2.30. The zero-order chi connectivity index (χ0) is 27.7. The zero-order valence-corrected chi connectivity index (χ0v) is 22.9. The molecule has 1 aliphatic carbocycles. The average molecular weight is 538 g/mol. The van der Waals surface area contributed by atoms with Crippen molar-refractivity contribution in [2.75, 3.05) is 0 Å². The molecule has 3 atom stereocenters. The van der Waals surface area contributed by atoms with E-state index in [9.17, 15) is 15.0 Å². The van der Waals surface area contributed by atoms with Gasteiger partial charge in [0.1, 0.15) is 6.10 Å². The molecule has 1 fully saturated rings. The van der Waals surface area contributed by atoms with Gasteiger partial charge in [0, 0.05) is 13.1 Å². The van der Waals surface area contributed by atoms with Crippen LogP contribution in [0.2, 0.25) is 0 Å². The molecule has 1 saturated carbocycles. The largest absolute Gasteiger partial charge is 0.390 e. The topological polar surface area (TPSA) is 70.0 Å². The average Bonchev–Trinajstić information content (AvgIpc) is 3.01. The van der Waals surface area contributed by atoms with Crippen molar-refractivity contribution in [2.45, 2.75) is 70.1 Å². The number of aliphatic hydroxyl groups excluding tert-OH is 2. The Balaban J connectivity index is 1.38. The summed E-state index contributed by atoms with van der Waals surface area (Å²) in [6.45, 7) is 0.895. The molecule has 40 heavy (non-hydrogen) atoms. The van der Waals surface area contributed by atoms with E-state index in [-0.39, 0.29) is 12.5 Å². The third-order valence-electron chi connectivity index (χ3n) is 8.03. The summed E-state index contributed by atoms with van der Waals surface area (Å²) in [5.41, 5.74) is 2.88. The Morgan fingerprint density at radius 3 is 1.93 bits per heavy atom. The molecule has 0 radical (unpaired) electrons. The first-order chi connectivity index (χ1) is 19.6. The van der Waals surface area contributed by atoms with Crippen LogP contribution < -0.4 is 0 Å². The first-order valence-corrected chi connectivity index (χ1v) is 14.4. The van der Waals surface area contributed by atoms with Crippen molar-refractivity contribution in [2.24, 2.45) is 5.92 Å². The number of hydrogen-bond donors (Lipinski definition) is 2. The van der Waals surface area contributed by atoms with Crippen LogP contribution in [0, 0.1) is 5.92 Å². The number of benzene rings is 4. The SMILES string of the molecule is O=C(C(O)C(OCc1ccc2ccccc2c1)C(O)C1CCCCC1)N(Cc1ccccc1)Cc1ccccc1. The molecule has 2 N–H and O–H groups in total. The number of carbonyl (C=O) groups is 1. The highest BCUT2D eigenvalue weighted by Gasteiger charge is 2.39. The Kier molecular flexibility index (Phi) is 9.61. The summed E-state index contributed by atoms with van der Waals surface area (Å²) in [6, 6.07) is 33.8. The maximum atomic E-state index is 14.0. The van der Waals surface area contributed by atoms with E-state index in [1.165, 1.54) is 0 Å². The van der Waals surface area contributed by atoms with E-state index in [0.29, 0.717) is 13.1 Å². The molecule has 0 spiro atoms. The molecule has 0 aromatic heterocycles. The van der Waals surface area contributed by atoms with Crippen molar-refractivity contribution >= 4 is 16.7 Å². The highest BCUT2D eigenvalue weighted by atomic mass is 16.5. The molecule has 4 aromatic rings. The number of aliphatic hydroxyl groups is 2. The fraction of sp³-hybridized carbons (Fsp3) is 0.343. The van der Waals surface area contributed by atoms with Crippen molar-refractivity contribution in [3.8, 4) is 0 Å². The number of nitrogens with zero attached hydrogens (tertiary/aromatic N) is 1. The molecule has 4 aromatic carbocycles. The lowest BCUT2D eigenvalue weighted by Crippen LogP contribution is -2.51. The molecule has 0 bridgehead atoms. The van der Waals surface area contributed by atoms with E-state index in [1.807, 2.05) is 84.9 Å². The Morgan fingerprint density at radius 2 is 1.30 bits per heavy atom. The Hall–Kier alpha value is -3.51. The summed E-state index contributed by atoms with van der Waals surface area (Å²) in [7, 11) is 0. The lowest BCUT2D eigenvalue weighted by Gasteiger charge is -2.36. The van der Waals surface area contributed by atoms with Crippen LogP contribution in [-0.2, 0) is 29.2 Å². The molecule has 1 aliphatic rings. The van der Waals surface area contributed by atoms with Crippen molar-refractivity contribution in [3.63, 3.8) is 0 Å². The third-order valence-corrected chi connectivity index (χ3v) is 8.03. The van der Waals surface area contributed by atoms with Crippen LogP contribution in [0.25, 0.3) is 10.8 Å². The number of carbonyl (C=O) groups excluding carboxylic acids is 1. The molecule has 1 amide bonds. The third kappa shape index (κ3) is 7.16. The molecular weight excluding hydrogens is 498 g/mol. The van der Waals surface area contributed by atoms with Crippen LogP contribution in [0.4, 0.5) is 0 Å². The first kappa shape index (κ1) is 28.0. The van der Waals surface area contributed by atoms with Gasteiger partial charge in [0.2, 0.25) is 0 Å². The van der Waals surface area contributed by atoms with Gasteiger partial charge in [-0.3, -0.25) is 4.79 Å². The van der Waals surface area contributed by atoms with Crippen LogP contribution >= 0.6 is 0 Å². The fourth-order valence-electron chi connectivity index (χ4n) is 5.79. The van der Waals surface area contributed by atoms with Crippen molar-refractivity contribution in [1.82, 2.24) is 4.90 Å². The van der Waals surface area contributed by atoms with Gasteiger partial charge in [0.25, 0.3) is 5.91 Å². The van der Waals surface area contributed by atoms with Crippen LogP contribution in [0.3, 0.4) is 0 Å². The normalized spacial score (nSPS) is 16.4. The smallest absolute Gasteiger partial charge is 0.254 e. The summed E-state index contributed by atoms with van der Waals surface area (Å²) in [5, 5.41) is 25.3.